The van der Waals surface area contributed by atoms with E-state index in [1.54, 1.807) is 45.1 Å². The zero-order valence-electron chi connectivity index (χ0n) is 20.4. The number of esters is 1. The van der Waals surface area contributed by atoms with Gasteiger partial charge in [-0.15, -0.1) is 0 Å². The highest BCUT2D eigenvalue weighted by Crippen LogP contribution is 2.38. The summed E-state index contributed by atoms with van der Waals surface area (Å²) in [6.45, 7) is 2.24. The van der Waals surface area contributed by atoms with Crippen LogP contribution in [0.1, 0.15) is 32.7 Å². The van der Waals surface area contributed by atoms with Crippen LogP contribution < -0.4 is 14.2 Å². The van der Waals surface area contributed by atoms with Gasteiger partial charge in [0.05, 0.1) is 45.3 Å². The van der Waals surface area contributed by atoms with E-state index >= 15 is 0 Å². The molecule has 8 heteroatoms. The average molecular weight is 477 g/mol. The van der Waals surface area contributed by atoms with Crippen LogP contribution >= 0.6 is 0 Å². The molecule has 1 aliphatic rings. The van der Waals surface area contributed by atoms with Crippen LogP contribution in [0.25, 0.3) is 11.6 Å². The van der Waals surface area contributed by atoms with Gasteiger partial charge in [-0.25, -0.2) is 4.79 Å². The number of nitrogens with zero attached hydrogens (tertiary/aromatic N) is 2. The summed E-state index contributed by atoms with van der Waals surface area (Å²) in [6, 6.07) is 11.3. The first-order valence-corrected chi connectivity index (χ1v) is 11.1. The number of rotatable bonds is 8. The van der Waals surface area contributed by atoms with Gasteiger partial charge in [-0.2, -0.15) is 0 Å². The number of aromatic hydroxyl groups is 1. The van der Waals surface area contributed by atoms with Crippen molar-refractivity contribution >= 4 is 29.5 Å². The van der Waals surface area contributed by atoms with Crippen LogP contribution in [0.15, 0.2) is 41.4 Å². The van der Waals surface area contributed by atoms with Gasteiger partial charge in [-0.1, -0.05) is 6.07 Å². The summed E-state index contributed by atoms with van der Waals surface area (Å²) in [7, 11) is 6.11. The second-order valence-electron chi connectivity index (χ2n) is 8.02. The highest BCUT2D eigenvalue weighted by atomic mass is 16.5. The van der Waals surface area contributed by atoms with Crippen molar-refractivity contribution in [3.05, 3.63) is 64.3 Å². The summed E-state index contributed by atoms with van der Waals surface area (Å²) in [5.41, 5.74) is 4.72. The molecule has 0 amide bonds. The number of aromatic nitrogens is 1. The first kappa shape index (κ1) is 23.9. The smallest absolute Gasteiger partial charge is 0.340 e. The Labute approximate surface area is 204 Å². The minimum Gasteiger partial charge on any atom is -0.497 e. The number of benzene rings is 2. The molecule has 0 aliphatic carbocycles. The van der Waals surface area contributed by atoms with Gasteiger partial charge in [0.2, 0.25) is 0 Å². The number of hydrogen-bond donors (Lipinski definition) is 1. The fourth-order valence-corrected chi connectivity index (χ4v) is 4.26. The molecule has 1 aliphatic heterocycles. The largest absolute Gasteiger partial charge is 0.497 e. The number of fused-ring (bicyclic) bond motifs is 1. The Kier molecular flexibility index (Phi) is 6.82. The third kappa shape index (κ3) is 4.47. The van der Waals surface area contributed by atoms with Gasteiger partial charge in [0.15, 0.2) is 17.4 Å². The third-order valence-electron chi connectivity index (χ3n) is 6.15. The minimum atomic E-state index is -0.518. The molecule has 8 nitrogen and oxygen atoms in total. The number of aryl methyl sites for hydroxylation is 1. The van der Waals surface area contributed by atoms with Crippen molar-refractivity contribution in [1.29, 1.82) is 0 Å². The fourth-order valence-electron chi connectivity index (χ4n) is 4.26. The van der Waals surface area contributed by atoms with E-state index in [-0.39, 0.29) is 5.88 Å². The van der Waals surface area contributed by atoms with E-state index < -0.39 is 5.97 Å². The summed E-state index contributed by atoms with van der Waals surface area (Å²) in [5, 5.41) is 11.2. The number of allylic oxidation sites excluding steroid dienone is 1. The summed E-state index contributed by atoms with van der Waals surface area (Å²) in [6.07, 6.45) is 4.07. The van der Waals surface area contributed by atoms with Crippen molar-refractivity contribution in [1.82, 2.24) is 4.57 Å². The molecular weight excluding hydrogens is 448 g/mol. The Morgan fingerprint density at radius 1 is 1.03 bits per heavy atom. The van der Waals surface area contributed by atoms with Gasteiger partial charge in [0.1, 0.15) is 5.75 Å². The zero-order chi connectivity index (χ0) is 25.1. The van der Waals surface area contributed by atoms with Crippen LogP contribution in [0.5, 0.6) is 23.1 Å². The number of carbonyl (C=O) groups is 1. The lowest BCUT2D eigenvalue weighted by Gasteiger charge is -2.11. The summed E-state index contributed by atoms with van der Waals surface area (Å²) in [4.78, 5) is 17.1. The molecule has 2 heterocycles. The lowest BCUT2D eigenvalue weighted by molar-refractivity contribution is 0.0599. The Morgan fingerprint density at radius 2 is 1.80 bits per heavy atom. The van der Waals surface area contributed by atoms with E-state index in [9.17, 15) is 9.90 Å². The van der Waals surface area contributed by atoms with Crippen molar-refractivity contribution in [2.24, 2.45) is 4.99 Å². The third-order valence-corrected chi connectivity index (χ3v) is 6.15. The molecule has 0 spiro atoms. The Hall–Kier alpha value is -4.20. The molecule has 0 bridgehead atoms. The van der Waals surface area contributed by atoms with Crippen LogP contribution in [0.4, 0.5) is 5.69 Å². The van der Waals surface area contributed by atoms with Gasteiger partial charge >= 0.3 is 5.97 Å². The SMILES string of the molecule is COC(=O)c1c(/C=C2/C=Nc3ccc(OC)cc32)c(O)n(CCc2ccc(OC)c(OC)c2)c1C. The molecule has 1 aromatic heterocycles. The molecule has 0 saturated heterocycles. The molecule has 0 atom stereocenters. The van der Waals surface area contributed by atoms with Crippen molar-refractivity contribution in [2.75, 3.05) is 28.4 Å². The van der Waals surface area contributed by atoms with E-state index in [1.165, 1.54) is 7.11 Å². The first-order chi connectivity index (χ1) is 16.9. The van der Waals surface area contributed by atoms with E-state index in [4.69, 9.17) is 18.9 Å². The lowest BCUT2D eigenvalue weighted by atomic mass is 10.0. The molecule has 35 heavy (non-hydrogen) atoms. The van der Waals surface area contributed by atoms with E-state index in [0.717, 1.165) is 22.4 Å². The standard InChI is InChI=1S/C27H28N2O6/c1-16-25(27(31)35-5)21(13-18-15-28-22-8-7-19(32-2)14-20(18)22)26(30)29(16)11-10-17-6-9-23(33-3)24(12-17)34-4/h6-9,12-15,30H,10-11H2,1-5H3/b18-13-. The average Bonchev–Trinajstić information content (AvgIpc) is 3.39. The van der Waals surface area contributed by atoms with Crippen molar-refractivity contribution < 1.29 is 28.8 Å². The molecule has 0 unspecified atom stereocenters. The molecule has 2 aromatic carbocycles. The Balaban J connectivity index is 1.72. The fraction of sp³-hybridized carbons (Fsp3) is 0.259. The number of carbonyl (C=O) groups excluding carboxylic acids is 1. The molecular formula is C27H28N2O6. The number of ether oxygens (including phenoxy) is 4. The topological polar surface area (TPSA) is 91.5 Å². The zero-order valence-corrected chi connectivity index (χ0v) is 20.4. The van der Waals surface area contributed by atoms with Crippen LogP contribution in [0, 0.1) is 6.92 Å². The van der Waals surface area contributed by atoms with Gasteiger partial charge in [-0.3, -0.25) is 4.99 Å². The summed E-state index contributed by atoms with van der Waals surface area (Å²) < 4.78 is 22.8. The van der Waals surface area contributed by atoms with Crippen molar-refractivity contribution in [3.8, 4) is 23.1 Å². The van der Waals surface area contributed by atoms with Crippen molar-refractivity contribution in [3.63, 3.8) is 0 Å². The molecule has 3 aromatic rings. The van der Waals surface area contributed by atoms with Crippen LogP contribution in [-0.4, -0.2) is 50.3 Å². The molecule has 4 rings (SSSR count). The molecule has 0 radical (unpaired) electrons. The number of hydrogen-bond acceptors (Lipinski definition) is 7. The monoisotopic (exact) mass is 476 g/mol. The Morgan fingerprint density at radius 3 is 2.49 bits per heavy atom. The van der Waals surface area contributed by atoms with Gasteiger partial charge in [0.25, 0.3) is 0 Å². The normalized spacial score (nSPS) is 13.1. The van der Waals surface area contributed by atoms with E-state index in [0.29, 0.717) is 47.0 Å². The van der Waals surface area contributed by atoms with Crippen LogP contribution in [-0.2, 0) is 17.7 Å². The highest BCUT2D eigenvalue weighted by Gasteiger charge is 2.26. The second kappa shape index (κ2) is 9.97. The number of methoxy groups -OCH3 is 4. The summed E-state index contributed by atoms with van der Waals surface area (Å²) in [5.74, 6) is 1.44. The van der Waals surface area contributed by atoms with Gasteiger partial charge in [0, 0.05) is 29.6 Å². The maximum Gasteiger partial charge on any atom is 0.340 e. The first-order valence-electron chi connectivity index (χ1n) is 11.1. The predicted molar refractivity (Wildman–Crippen MR) is 134 cm³/mol. The maximum atomic E-state index is 12.7. The van der Waals surface area contributed by atoms with Gasteiger partial charge < -0.3 is 28.6 Å². The summed E-state index contributed by atoms with van der Waals surface area (Å²) >= 11 is 0. The van der Waals surface area contributed by atoms with Crippen LogP contribution in [0.3, 0.4) is 0 Å². The van der Waals surface area contributed by atoms with E-state index in [2.05, 4.69) is 4.99 Å². The minimum absolute atomic E-state index is 0.0133. The highest BCUT2D eigenvalue weighted by molar-refractivity contribution is 6.22. The van der Waals surface area contributed by atoms with Gasteiger partial charge in [-0.05, 0) is 55.3 Å². The Bertz CT molecular complexity index is 1340. The van der Waals surface area contributed by atoms with Crippen molar-refractivity contribution in [2.45, 2.75) is 19.9 Å². The predicted octanol–water partition coefficient (Wildman–Crippen LogP) is 4.81. The van der Waals surface area contributed by atoms with E-state index in [1.807, 2.05) is 36.4 Å². The second-order valence-corrected chi connectivity index (χ2v) is 8.02. The molecule has 182 valence electrons. The maximum absolute atomic E-state index is 12.7. The lowest BCUT2D eigenvalue weighted by Crippen LogP contribution is -2.07. The molecule has 0 saturated carbocycles. The number of aliphatic imine (C=N–C) groups is 1. The molecule has 1 N–H and O–H groups in total. The van der Waals surface area contributed by atoms with Crippen LogP contribution in [0.2, 0.25) is 0 Å². The molecule has 0 fully saturated rings. The quantitative estimate of drug-likeness (QED) is 0.469.